The molecule has 7 nitrogen and oxygen atoms in total. The van der Waals surface area contributed by atoms with Gasteiger partial charge in [0.15, 0.2) is 9.84 Å². The molecule has 3 aromatic rings. The number of benzene rings is 2. The lowest BCUT2D eigenvalue weighted by molar-refractivity contribution is -0.131. The highest BCUT2D eigenvalue weighted by molar-refractivity contribution is 7.92. The lowest BCUT2D eigenvalue weighted by Crippen LogP contribution is -2.34. The number of nitrogens with one attached hydrogen (secondary N) is 1. The molecule has 0 unspecified atom stereocenters. The fraction of sp³-hybridized carbons (Fsp3) is 0.333. The van der Waals surface area contributed by atoms with Crippen LogP contribution in [0.1, 0.15) is 25.7 Å². The molecule has 1 aromatic heterocycles. The molecule has 0 saturated carbocycles. The zero-order chi connectivity index (χ0) is 23.4. The summed E-state index contributed by atoms with van der Waals surface area (Å²) in [5.41, 5.74) is 0.525. The van der Waals surface area contributed by atoms with Crippen LogP contribution in [0.3, 0.4) is 0 Å². The maximum atomic E-state index is 13.8. The van der Waals surface area contributed by atoms with Gasteiger partial charge in [-0.3, -0.25) is 9.59 Å². The molecule has 1 fully saturated rings. The number of hydrogen-bond donors (Lipinski definition) is 1. The van der Waals surface area contributed by atoms with Crippen LogP contribution < -0.4 is 5.32 Å². The van der Waals surface area contributed by atoms with Gasteiger partial charge in [0.1, 0.15) is 18.1 Å². The standard InChI is InChI=1S/C24H26FN3O4S/c25-19-10-4-5-11-20(19)26-23(29)17-33(31,32)22-15-28(21-12-6-3-9-18(21)22)16-24(30)27-13-7-1-2-8-14-27/h3-6,9-12,15H,1-2,7-8,13-14,16-17H2,(H,26,29). The monoisotopic (exact) mass is 471 g/mol. The van der Waals surface area contributed by atoms with Crippen molar-refractivity contribution in [3.8, 4) is 0 Å². The molecule has 1 aliphatic rings. The van der Waals surface area contributed by atoms with E-state index in [0.29, 0.717) is 24.0 Å². The molecule has 0 bridgehead atoms. The lowest BCUT2D eigenvalue weighted by Gasteiger charge is -2.20. The summed E-state index contributed by atoms with van der Waals surface area (Å²) < 4.78 is 41.7. The zero-order valence-corrected chi connectivity index (χ0v) is 19.0. The van der Waals surface area contributed by atoms with Crippen LogP contribution in [0.15, 0.2) is 59.6 Å². The predicted molar refractivity (Wildman–Crippen MR) is 124 cm³/mol. The third kappa shape index (κ3) is 5.24. The Morgan fingerprint density at radius 1 is 0.939 bits per heavy atom. The number of para-hydroxylation sites is 2. The van der Waals surface area contributed by atoms with Crippen LogP contribution in [0.25, 0.3) is 10.9 Å². The molecular weight excluding hydrogens is 445 g/mol. The minimum Gasteiger partial charge on any atom is -0.341 e. The van der Waals surface area contributed by atoms with Crippen LogP contribution in [0.5, 0.6) is 0 Å². The summed E-state index contributed by atoms with van der Waals surface area (Å²) in [6, 6.07) is 12.5. The molecule has 2 amide bonds. The maximum absolute atomic E-state index is 13.8. The van der Waals surface area contributed by atoms with Crippen molar-refractivity contribution in [1.82, 2.24) is 9.47 Å². The van der Waals surface area contributed by atoms with E-state index in [4.69, 9.17) is 0 Å². The Morgan fingerprint density at radius 3 is 2.33 bits per heavy atom. The SMILES string of the molecule is O=C(CS(=O)(=O)c1cn(CC(=O)N2CCCCCC2)c2ccccc12)Nc1ccccc1F. The molecule has 0 atom stereocenters. The van der Waals surface area contributed by atoms with Gasteiger partial charge < -0.3 is 14.8 Å². The molecular formula is C24H26FN3O4S. The number of amides is 2. The van der Waals surface area contributed by atoms with Crippen molar-refractivity contribution >= 4 is 38.2 Å². The normalized spacial score (nSPS) is 14.8. The van der Waals surface area contributed by atoms with E-state index >= 15 is 0 Å². The average Bonchev–Trinajstić information content (AvgIpc) is 2.95. The Hall–Kier alpha value is -3.20. The van der Waals surface area contributed by atoms with Gasteiger partial charge in [0, 0.05) is 30.2 Å². The van der Waals surface area contributed by atoms with Gasteiger partial charge in [0.2, 0.25) is 11.8 Å². The second-order valence-corrected chi connectivity index (χ2v) is 10.2. The summed E-state index contributed by atoms with van der Waals surface area (Å²) in [5.74, 6) is -2.38. The molecule has 2 aromatic carbocycles. The summed E-state index contributed by atoms with van der Waals surface area (Å²) >= 11 is 0. The van der Waals surface area contributed by atoms with Gasteiger partial charge >= 0.3 is 0 Å². The van der Waals surface area contributed by atoms with E-state index in [2.05, 4.69) is 5.32 Å². The number of carbonyl (C=O) groups is 2. The Labute approximate surface area is 192 Å². The molecule has 33 heavy (non-hydrogen) atoms. The molecule has 0 spiro atoms. The van der Waals surface area contributed by atoms with Crippen LogP contribution in [-0.2, 0) is 26.0 Å². The van der Waals surface area contributed by atoms with E-state index in [1.54, 1.807) is 34.9 Å². The van der Waals surface area contributed by atoms with Crippen molar-refractivity contribution in [3.05, 3.63) is 60.5 Å². The van der Waals surface area contributed by atoms with Crippen molar-refractivity contribution in [1.29, 1.82) is 0 Å². The van der Waals surface area contributed by atoms with Crippen molar-refractivity contribution in [3.63, 3.8) is 0 Å². The van der Waals surface area contributed by atoms with Crippen molar-refractivity contribution in [2.45, 2.75) is 37.1 Å². The number of carbonyl (C=O) groups excluding carboxylic acids is 2. The van der Waals surface area contributed by atoms with Gasteiger partial charge in [-0.2, -0.15) is 0 Å². The number of sulfone groups is 1. The number of anilines is 1. The van der Waals surface area contributed by atoms with Crippen molar-refractivity contribution in [2.24, 2.45) is 0 Å². The highest BCUT2D eigenvalue weighted by atomic mass is 32.2. The third-order valence-electron chi connectivity index (χ3n) is 5.82. The highest BCUT2D eigenvalue weighted by Gasteiger charge is 2.26. The van der Waals surface area contributed by atoms with Gasteiger partial charge in [0.25, 0.3) is 0 Å². The summed E-state index contributed by atoms with van der Waals surface area (Å²) in [4.78, 5) is 27.1. The van der Waals surface area contributed by atoms with E-state index in [9.17, 15) is 22.4 Å². The first-order chi connectivity index (χ1) is 15.8. The van der Waals surface area contributed by atoms with Gasteiger partial charge in [0.05, 0.1) is 10.6 Å². The topological polar surface area (TPSA) is 88.5 Å². The summed E-state index contributed by atoms with van der Waals surface area (Å²) in [6.45, 7) is 1.44. The Morgan fingerprint density at radius 2 is 1.61 bits per heavy atom. The van der Waals surface area contributed by atoms with E-state index in [-0.39, 0.29) is 23.0 Å². The largest absolute Gasteiger partial charge is 0.341 e. The molecule has 174 valence electrons. The molecule has 2 heterocycles. The van der Waals surface area contributed by atoms with Crippen molar-refractivity contribution in [2.75, 3.05) is 24.2 Å². The molecule has 4 rings (SSSR count). The Balaban J connectivity index is 1.57. The number of fused-ring (bicyclic) bond motifs is 1. The second kappa shape index (κ2) is 9.74. The van der Waals surface area contributed by atoms with Gasteiger partial charge in [-0.25, -0.2) is 12.8 Å². The summed E-state index contributed by atoms with van der Waals surface area (Å²) in [6.07, 6.45) is 5.57. The fourth-order valence-electron chi connectivity index (χ4n) is 4.16. The Bertz CT molecular complexity index is 1280. The van der Waals surface area contributed by atoms with Crippen LogP contribution in [0.2, 0.25) is 0 Å². The zero-order valence-electron chi connectivity index (χ0n) is 18.2. The van der Waals surface area contributed by atoms with E-state index in [0.717, 1.165) is 25.7 Å². The minimum atomic E-state index is -4.04. The van der Waals surface area contributed by atoms with Gasteiger partial charge in [-0.15, -0.1) is 0 Å². The summed E-state index contributed by atoms with van der Waals surface area (Å²) in [5, 5.41) is 2.76. The van der Waals surface area contributed by atoms with Crippen molar-refractivity contribution < 1.29 is 22.4 Å². The van der Waals surface area contributed by atoms with E-state index < -0.39 is 27.3 Å². The highest BCUT2D eigenvalue weighted by Crippen LogP contribution is 2.27. The molecule has 1 aliphatic heterocycles. The second-order valence-electron chi connectivity index (χ2n) is 8.22. The average molecular weight is 472 g/mol. The minimum absolute atomic E-state index is 0.0227. The number of nitrogens with zero attached hydrogens (tertiary/aromatic N) is 2. The maximum Gasteiger partial charge on any atom is 0.242 e. The number of halogens is 1. The third-order valence-corrected chi connectivity index (χ3v) is 7.46. The van der Waals surface area contributed by atoms with Crippen LogP contribution >= 0.6 is 0 Å². The first-order valence-corrected chi connectivity index (χ1v) is 12.6. The molecule has 1 saturated heterocycles. The van der Waals surface area contributed by atoms with Gasteiger partial charge in [-0.1, -0.05) is 43.2 Å². The number of aromatic nitrogens is 1. The van der Waals surface area contributed by atoms with E-state index in [1.807, 2.05) is 4.90 Å². The lowest BCUT2D eigenvalue weighted by atomic mass is 10.2. The molecule has 1 N–H and O–H groups in total. The summed E-state index contributed by atoms with van der Waals surface area (Å²) in [7, 11) is -4.04. The van der Waals surface area contributed by atoms with Gasteiger partial charge in [-0.05, 0) is 31.0 Å². The number of rotatable bonds is 6. The van der Waals surface area contributed by atoms with Crippen LogP contribution in [0, 0.1) is 5.82 Å². The molecule has 0 radical (unpaired) electrons. The number of likely N-dealkylation sites (tertiary alicyclic amines) is 1. The molecule has 0 aliphatic carbocycles. The molecule has 9 heteroatoms. The quantitative estimate of drug-likeness (QED) is 0.595. The number of hydrogen-bond acceptors (Lipinski definition) is 4. The van der Waals surface area contributed by atoms with E-state index in [1.165, 1.54) is 24.4 Å². The van der Waals surface area contributed by atoms with Crippen LogP contribution in [-0.4, -0.2) is 48.5 Å². The smallest absolute Gasteiger partial charge is 0.242 e. The fourth-order valence-corrected chi connectivity index (χ4v) is 5.53. The predicted octanol–water partition coefficient (Wildman–Crippen LogP) is 3.60. The Kier molecular flexibility index (Phi) is 6.78. The van der Waals surface area contributed by atoms with Crippen LogP contribution in [0.4, 0.5) is 10.1 Å². The first kappa shape index (κ1) is 23.0. The first-order valence-electron chi connectivity index (χ1n) is 11.0.